The van der Waals surface area contributed by atoms with Gasteiger partial charge in [-0.2, -0.15) is 0 Å². The smallest absolute Gasteiger partial charge is 0.264 e. The third kappa shape index (κ3) is 3.01. The van der Waals surface area contributed by atoms with E-state index < -0.39 is 12.0 Å². The maximum Gasteiger partial charge on any atom is 0.264 e. The van der Waals surface area contributed by atoms with Gasteiger partial charge in [-0.15, -0.1) is 0 Å². The average molecular weight is 227 g/mol. The summed E-state index contributed by atoms with van der Waals surface area (Å²) in [4.78, 5) is 1.79. The third-order valence-electron chi connectivity index (χ3n) is 2.77. The SMILES string of the molecule is CCN(CC)C(c1ccccc1)C(C)(F)F. The van der Waals surface area contributed by atoms with Crippen molar-refractivity contribution in [1.29, 1.82) is 0 Å². The number of benzene rings is 1. The van der Waals surface area contributed by atoms with E-state index in [1.54, 1.807) is 29.2 Å². The summed E-state index contributed by atoms with van der Waals surface area (Å²) >= 11 is 0. The minimum atomic E-state index is -2.73. The van der Waals surface area contributed by atoms with Gasteiger partial charge in [0.15, 0.2) is 0 Å². The van der Waals surface area contributed by atoms with Gasteiger partial charge in [0.25, 0.3) is 5.92 Å². The number of alkyl halides is 2. The molecule has 0 amide bonds. The summed E-state index contributed by atoms with van der Waals surface area (Å²) in [6, 6.07) is 8.15. The first kappa shape index (κ1) is 13.1. The van der Waals surface area contributed by atoms with Gasteiger partial charge in [-0.25, -0.2) is 8.78 Å². The van der Waals surface area contributed by atoms with Crippen LogP contribution in [-0.2, 0) is 0 Å². The molecule has 90 valence electrons. The summed E-state index contributed by atoms with van der Waals surface area (Å²) < 4.78 is 27.3. The fourth-order valence-electron chi connectivity index (χ4n) is 2.05. The first-order valence-electron chi connectivity index (χ1n) is 5.67. The number of nitrogens with zero attached hydrogens (tertiary/aromatic N) is 1. The van der Waals surface area contributed by atoms with Crippen LogP contribution in [0.3, 0.4) is 0 Å². The van der Waals surface area contributed by atoms with Crippen molar-refractivity contribution in [1.82, 2.24) is 4.90 Å². The Morgan fingerprint density at radius 1 is 1.12 bits per heavy atom. The monoisotopic (exact) mass is 227 g/mol. The van der Waals surface area contributed by atoms with Crippen LogP contribution in [-0.4, -0.2) is 23.9 Å². The van der Waals surface area contributed by atoms with Crippen LogP contribution in [0.5, 0.6) is 0 Å². The molecule has 1 rings (SSSR count). The second kappa shape index (κ2) is 5.39. The second-order valence-corrected chi connectivity index (χ2v) is 3.99. The highest BCUT2D eigenvalue weighted by molar-refractivity contribution is 5.21. The van der Waals surface area contributed by atoms with Crippen LogP contribution in [0, 0.1) is 0 Å². The van der Waals surface area contributed by atoms with E-state index >= 15 is 0 Å². The molecule has 1 atom stereocenters. The van der Waals surface area contributed by atoms with Gasteiger partial charge in [-0.05, 0) is 18.7 Å². The summed E-state index contributed by atoms with van der Waals surface area (Å²) in [6.07, 6.45) is 0. The average Bonchev–Trinajstić information content (AvgIpc) is 2.25. The fraction of sp³-hybridized carbons (Fsp3) is 0.538. The molecule has 3 heteroatoms. The highest BCUT2D eigenvalue weighted by Gasteiger charge is 2.38. The molecule has 0 radical (unpaired) electrons. The van der Waals surface area contributed by atoms with E-state index in [0.717, 1.165) is 6.92 Å². The van der Waals surface area contributed by atoms with Crippen LogP contribution >= 0.6 is 0 Å². The van der Waals surface area contributed by atoms with Crippen LogP contribution in [0.2, 0.25) is 0 Å². The highest BCUT2D eigenvalue weighted by atomic mass is 19.3. The first-order valence-corrected chi connectivity index (χ1v) is 5.67. The standard InChI is InChI=1S/C13H19F2N/c1-4-16(5-2)12(13(3,14)15)11-9-7-6-8-10-11/h6-10,12H,4-5H2,1-3H3. The molecule has 0 saturated heterocycles. The summed E-state index contributed by atoms with van der Waals surface area (Å²) in [6.45, 7) is 6.05. The van der Waals surface area contributed by atoms with Crippen LogP contribution in [0.1, 0.15) is 32.4 Å². The van der Waals surface area contributed by atoms with E-state index in [0.29, 0.717) is 18.7 Å². The van der Waals surface area contributed by atoms with Gasteiger partial charge in [-0.3, -0.25) is 4.90 Å². The minimum Gasteiger partial charge on any atom is -0.292 e. The summed E-state index contributed by atoms with van der Waals surface area (Å²) in [7, 11) is 0. The Bertz CT molecular complexity index is 301. The molecule has 1 aromatic carbocycles. The van der Waals surface area contributed by atoms with Gasteiger partial charge in [0.05, 0.1) is 6.04 Å². The summed E-state index contributed by atoms with van der Waals surface area (Å²) in [5.74, 6) is -2.73. The van der Waals surface area contributed by atoms with E-state index in [1.165, 1.54) is 0 Å². The number of halogens is 2. The van der Waals surface area contributed by atoms with E-state index in [1.807, 2.05) is 19.9 Å². The zero-order chi connectivity index (χ0) is 12.2. The van der Waals surface area contributed by atoms with Crippen molar-refractivity contribution < 1.29 is 8.78 Å². The lowest BCUT2D eigenvalue weighted by Crippen LogP contribution is -2.39. The van der Waals surface area contributed by atoms with Crippen LogP contribution in [0.25, 0.3) is 0 Å². The normalized spacial score (nSPS) is 14.1. The molecule has 1 unspecified atom stereocenters. The molecule has 0 aliphatic heterocycles. The van der Waals surface area contributed by atoms with Gasteiger partial charge in [0.2, 0.25) is 0 Å². The maximum atomic E-state index is 13.7. The molecule has 0 N–H and O–H groups in total. The molecule has 0 aliphatic rings. The van der Waals surface area contributed by atoms with E-state index in [-0.39, 0.29) is 0 Å². The van der Waals surface area contributed by atoms with Crippen molar-refractivity contribution in [3.63, 3.8) is 0 Å². The van der Waals surface area contributed by atoms with Crippen LogP contribution in [0.4, 0.5) is 8.78 Å². The van der Waals surface area contributed by atoms with Gasteiger partial charge >= 0.3 is 0 Å². The van der Waals surface area contributed by atoms with Gasteiger partial charge in [0.1, 0.15) is 0 Å². The molecule has 0 bridgehead atoms. The van der Waals surface area contributed by atoms with Crippen molar-refractivity contribution in [2.24, 2.45) is 0 Å². The minimum absolute atomic E-state index is 0.624. The lowest BCUT2D eigenvalue weighted by Gasteiger charge is -2.34. The molecule has 0 aromatic heterocycles. The predicted molar refractivity (Wildman–Crippen MR) is 62.7 cm³/mol. The van der Waals surface area contributed by atoms with Crippen LogP contribution < -0.4 is 0 Å². The Kier molecular flexibility index (Phi) is 4.42. The Labute approximate surface area is 96.1 Å². The van der Waals surface area contributed by atoms with E-state index in [9.17, 15) is 8.78 Å². The predicted octanol–water partition coefficient (Wildman–Crippen LogP) is 3.72. The fourth-order valence-corrected chi connectivity index (χ4v) is 2.05. The van der Waals surface area contributed by atoms with Crippen molar-refractivity contribution in [3.8, 4) is 0 Å². The van der Waals surface area contributed by atoms with Crippen molar-refractivity contribution in [3.05, 3.63) is 35.9 Å². The quantitative estimate of drug-likeness (QED) is 0.741. The maximum absolute atomic E-state index is 13.7. The van der Waals surface area contributed by atoms with Crippen LogP contribution in [0.15, 0.2) is 30.3 Å². The molecule has 0 aliphatic carbocycles. The largest absolute Gasteiger partial charge is 0.292 e. The van der Waals surface area contributed by atoms with Crippen molar-refractivity contribution in [2.75, 3.05) is 13.1 Å². The zero-order valence-corrected chi connectivity index (χ0v) is 10.1. The van der Waals surface area contributed by atoms with Gasteiger partial charge in [-0.1, -0.05) is 44.2 Å². The summed E-state index contributed by atoms with van der Waals surface area (Å²) in [5.41, 5.74) is 0.679. The molecular formula is C13H19F2N. The number of rotatable bonds is 5. The third-order valence-corrected chi connectivity index (χ3v) is 2.77. The second-order valence-electron chi connectivity index (χ2n) is 3.99. The Morgan fingerprint density at radius 3 is 2.00 bits per heavy atom. The lowest BCUT2D eigenvalue weighted by molar-refractivity contribution is -0.0662. The van der Waals surface area contributed by atoms with Gasteiger partial charge < -0.3 is 0 Å². The Morgan fingerprint density at radius 2 is 1.62 bits per heavy atom. The molecule has 16 heavy (non-hydrogen) atoms. The molecule has 1 aromatic rings. The van der Waals surface area contributed by atoms with Gasteiger partial charge in [0, 0.05) is 6.92 Å². The molecule has 1 nitrogen and oxygen atoms in total. The van der Waals surface area contributed by atoms with E-state index in [4.69, 9.17) is 0 Å². The highest BCUT2D eigenvalue weighted by Crippen LogP contribution is 2.35. The molecular weight excluding hydrogens is 208 g/mol. The number of hydrogen-bond donors (Lipinski definition) is 0. The van der Waals surface area contributed by atoms with Crippen molar-refractivity contribution >= 4 is 0 Å². The lowest BCUT2D eigenvalue weighted by atomic mass is 10.00. The van der Waals surface area contributed by atoms with Crippen molar-refractivity contribution in [2.45, 2.75) is 32.7 Å². The zero-order valence-electron chi connectivity index (χ0n) is 10.1. The molecule has 0 heterocycles. The topological polar surface area (TPSA) is 3.24 Å². The Hall–Kier alpha value is -0.960. The Balaban J connectivity index is 3.06. The molecule has 0 saturated carbocycles. The first-order chi connectivity index (χ1) is 7.50. The molecule has 0 spiro atoms. The molecule has 0 fully saturated rings. The number of hydrogen-bond acceptors (Lipinski definition) is 1. The summed E-state index contributed by atoms with van der Waals surface area (Å²) in [5, 5.41) is 0. The van der Waals surface area contributed by atoms with E-state index in [2.05, 4.69) is 0 Å².